The number of hydrogen-bond acceptors (Lipinski definition) is 3. The number of hydrogen-bond donors (Lipinski definition) is 2. The number of amides is 1. The van der Waals surface area contributed by atoms with E-state index in [2.05, 4.69) is 39.8 Å². The summed E-state index contributed by atoms with van der Waals surface area (Å²) in [5, 5.41) is 5.86. The Morgan fingerprint density at radius 1 is 1.26 bits per heavy atom. The normalized spacial score (nSPS) is 9.78. The summed E-state index contributed by atoms with van der Waals surface area (Å²) in [7, 11) is 0. The van der Waals surface area contributed by atoms with Gasteiger partial charge in [0.25, 0.3) is 5.91 Å². The van der Waals surface area contributed by atoms with Crippen molar-refractivity contribution in [1.29, 1.82) is 0 Å². The van der Waals surface area contributed by atoms with Gasteiger partial charge in [-0.3, -0.25) is 10.1 Å². The second kappa shape index (κ2) is 8.64. The molecule has 2 aromatic rings. The lowest BCUT2D eigenvalue weighted by molar-refractivity contribution is 0.0977. The van der Waals surface area contributed by atoms with Gasteiger partial charge >= 0.3 is 0 Å². The van der Waals surface area contributed by atoms with Crippen molar-refractivity contribution in [2.45, 2.75) is 0 Å². The van der Waals surface area contributed by atoms with Crippen LogP contribution < -0.4 is 15.4 Å². The van der Waals surface area contributed by atoms with Gasteiger partial charge in [-0.25, -0.2) is 0 Å². The zero-order chi connectivity index (χ0) is 16.7. The van der Waals surface area contributed by atoms with Crippen LogP contribution in [0.4, 0.5) is 5.69 Å². The summed E-state index contributed by atoms with van der Waals surface area (Å²) in [6.45, 7) is 4.05. The standard InChI is InChI=1S/C17H15IN2O2S/c1-2-10-22-15-8-6-14(7-9-15)19-17(23)20-16(21)12-4-3-5-13(18)11-12/h2-9,11H,1,10H2,(H2,19,20,21,23). The first kappa shape index (κ1) is 17.4. The number of anilines is 1. The summed E-state index contributed by atoms with van der Waals surface area (Å²) in [5.41, 5.74) is 1.33. The molecule has 0 fully saturated rings. The Morgan fingerprint density at radius 3 is 2.65 bits per heavy atom. The maximum Gasteiger partial charge on any atom is 0.257 e. The molecule has 2 aromatic carbocycles. The van der Waals surface area contributed by atoms with Gasteiger partial charge in [0.1, 0.15) is 12.4 Å². The van der Waals surface area contributed by atoms with Crippen molar-refractivity contribution in [3.05, 3.63) is 70.3 Å². The van der Waals surface area contributed by atoms with Crippen LogP contribution in [0.1, 0.15) is 10.4 Å². The van der Waals surface area contributed by atoms with Crippen molar-refractivity contribution in [3.8, 4) is 5.75 Å². The van der Waals surface area contributed by atoms with E-state index in [1.807, 2.05) is 36.4 Å². The van der Waals surface area contributed by atoms with Crippen LogP contribution in [0.25, 0.3) is 0 Å². The predicted octanol–water partition coefficient (Wildman–Crippen LogP) is 3.98. The molecule has 23 heavy (non-hydrogen) atoms. The van der Waals surface area contributed by atoms with Crippen LogP contribution in [0.5, 0.6) is 5.75 Å². The molecule has 2 N–H and O–H groups in total. The highest BCUT2D eigenvalue weighted by Crippen LogP contribution is 2.15. The molecule has 0 unspecified atom stereocenters. The Bertz CT molecular complexity index is 717. The third kappa shape index (κ3) is 5.65. The quantitative estimate of drug-likeness (QED) is 0.421. The third-order valence-corrected chi connectivity index (χ3v) is 3.67. The van der Waals surface area contributed by atoms with Crippen molar-refractivity contribution in [1.82, 2.24) is 5.32 Å². The van der Waals surface area contributed by atoms with Crippen molar-refractivity contribution >= 4 is 51.5 Å². The lowest BCUT2D eigenvalue weighted by Gasteiger charge is -2.10. The van der Waals surface area contributed by atoms with E-state index in [0.717, 1.165) is 15.0 Å². The molecule has 0 atom stereocenters. The molecule has 0 aliphatic heterocycles. The smallest absolute Gasteiger partial charge is 0.257 e. The van der Waals surface area contributed by atoms with Gasteiger partial charge in [-0.1, -0.05) is 18.7 Å². The predicted molar refractivity (Wildman–Crippen MR) is 105 cm³/mol. The molecule has 0 radical (unpaired) electrons. The van der Waals surface area contributed by atoms with Crippen LogP contribution in [0.2, 0.25) is 0 Å². The summed E-state index contributed by atoms with van der Waals surface area (Å²) >= 11 is 7.32. The third-order valence-electron chi connectivity index (χ3n) is 2.79. The topological polar surface area (TPSA) is 50.4 Å². The zero-order valence-corrected chi connectivity index (χ0v) is 15.2. The SMILES string of the molecule is C=CCOc1ccc(NC(=S)NC(=O)c2cccc(I)c2)cc1. The first-order valence-electron chi connectivity index (χ1n) is 6.80. The Morgan fingerprint density at radius 2 is 2.00 bits per heavy atom. The van der Waals surface area contributed by atoms with E-state index >= 15 is 0 Å². The molecule has 0 bridgehead atoms. The fourth-order valence-electron chi connectivity index (χ4n) is 1.76. The number of nitrogens with one attached hydrogen (secondary N) is 2. The van der Waals surface area contributed by atoms with Crippen molar-refractivity contribution in [3.63, 3.8) is 0 Å². The van der Waals surface area contributed by atoms with E-state index in [9.17, 15) is 4.79 Å². The van der Waals surface area contributed by atoms with E-state index in [-0.39, 0.29) is 11.0 Å². The first-order valence-corrected chi connectivity index (χ1v) is 8.29. The molecular formula is C17H15IN2O2S. The van der Waals surface area contributed by atoms with Crippen LogP contribution in [0.15, 0.2) is 61.2 Å². The fraction of sp³-hybridized carbons (Fsp3) is 0.0588. The summed E-state index contributed by atoms with van der Waals surface area (Å²) in [5.74, 6) is 0.496. The highest BCUT2D eigenvalue weighted by atomic mass is 127. The van der Waals surface area contributed by atoms with Crippen molar-refractivity contribution in [2.75, 3.05) is 11.9 Å². The number of carbonyl (C=O) groups excluding carboxylic acids is 1. The minimum Gasteiger partial charge on any atom is -0.490 e. The lowest BCUT2D eigenvalue weighted by Crippen LogP contribution is -2.34. The van der Waals surface area contributed by atoms with Crippen LogP contribution in [0.3, 0.4) is 0 Å². The maximum absolute atomic E-state index is 12.1. The summed E-state index contributed by atoms with van der Waals surface area (Å²) in [4.78, 5) is 12.1. The van der Waals surface area contributed by atoms with Crippen LogP contribution >= 0.6 is 34.8 Å². The van der Waals surface area contributed by atoms with Gasteiger partial charge in [-0.15, -0.1) is 0 Å². The number of carbonyl (C=O) groups is 1. The monoisotopic (exact) mass is 438 g/mol. The lowest BCUT2D eigenvalue weighted by atomic mass is 10.2. The Kier molecular flexibility index (Phi) is 6.54. The highest BCUT2D eigenvalue weighted by molar-refractivity contribution is 14.1. The number of rotatable bonds is 5. The molecule has 6 heteroatoms. The molecule has 0 spiro atoms. The highest BCUT2D eigenvalue weighted by Gasteiger charge is 2.08. The number of ether oxygens (including phenoxy) is 1. The molecule has 2 rings (SSSR count). The average molecular weight is 438 g/mol. The van der Waals surface area contributed by atoms with E-state index in [1.54, 1.807) is 18.2 Å². The molecule has 4 nitrogen and oxygen atoms in total. The molecule has 1 amide bonds. The molecule has 0 saturated heterocycles. The van der Waals surface area contributed by atoms with Gasteiger partial charge in [0.05, 0.1) is 0 Å². The minimum absolute atomic E-state index is 0.244. The van der Waals surface area contributed by atoms with Gasteiger partial charge in [0.2, 0.25) is 0 Å². The second-order valence-electron chi connectivity index (χ2n) is 4.54. The second-order valence-corrected chi connectivity index (χ2v) is 6.20. The molecule has 0 saturated carbocycles. The van der Waals surface area contributed by atoms with Crippen molar-refractivity contribution in [2.24, 2.45) is 0 Å². The van der Waals surface area contributed by atoms with Gasteiger partial charge < -0.3 is 10.1 Å². The Balaban J connectivity index is 1.91. The van der Waals surface area contributed by atoms with Crippen LogP contribution in [-0.4, -0.2) is 17.6 Å². The molecule has 0 aliphatic rings. The maximum atomic E-state index is 12.1. The van der Waals surface area contributed by atoms with Gasteiger partial charge in [-0.05, 0) is 77.3 Å². The molecule has 0 aliphatic carbocycles. The zero-order valence-electron chi connectivity index (χ0n) is 12.2. The van der Waals surface area contributed by atoms with Gasteiger partial charge in [0.15, 0.2) is 5.11 Å². The molecule has 0 heterocycles. The van der Waals surface area contributed by atoms with Gasteiger partial charge in [0, 0.05) is 14.8 Å². The summed E-state index contributed by atoms with van der Waals surface area (Å²) < 4.78 is 6.39. The van der Waals surface area contributed by atoms with E-state index in [0.29, 0.717) is 12.2 Å². The summed E-state index contributed by atoms with van der Waals surface area (Å²) in [6, 6.07) is 14.6. The van der Waals surface area contributed by atoms with Crippen LogP contribution in [0, 0.1) is 3.57 Å². The first-order chi connectivity index (χ1) is 11.1. The largest absolute Gasteiger partial charge is 0.490 e. The van der Waals surface area contributed by atoms with E-state index < -0.39 is 0 Å². The average Bonchev–Trinajstić information content (AvgIpc) is 2.54. The Labute approximate surface area is 154 Å². The van der Waals surface area contributed by atoms with E-state index in [1.165, 1.54) is 0 Å². The summed E-state index contributed by atoms with van der Waals surface area (Å²) in [6.07, 6.45) is 1.68. The van der Waals surface area contributed by atoms with Crippen LogP contribution in [-0.2, 0) is 0 Å². The number of halogens is 1. The van der Waals surface area contributed by atoms with Crippen molar-refractivity contribution < 1.29 is 9.53 Å². The van der Waals surface area contributed by atoms with Gasteiger partial charge in [-0.2, -0.15) is 0 Å². The number of benzene rings is 2. The molecular weight excluding hydrogens is 423 g/mol. The number of thiocarbonyl (C=S) groups is 1. The minimum atomic E-state index is -0.244. The fourth-order valence-corrected chi connectivity index (χ4v) is 2.51. The Hall–Kier alpha value is -1.93. The molecule has 0 aromatic heterocycles. The van der Waals surface area contributed by atoms with E-state index in [4.69, 9.17) is 17.0 Å². The molecule has 118 valence electrons.